The van der Waals surface area contributed by atoms with Crippen molar-refractivity contribution in [3.63, 3.8) is 0 Å². The van der Waals surface area contributed by atoms with Gasteiger partial charge in [0.05, 0.1) is 56.3 Å². The van der Waals surface area contributed by atoms with Gasteiger partial charge in [-0.2, -0.15) is 0 Å². The molecule has 5 aromatic rings. The molecule has 0 saturated carbocycles. The van der Waals surface area contributed by atoms with Gasteiger partial charge in [0.1, 0.15) is 41.1 Å². The molecular weight excluding hydrogens is 961 g/mol. The Bertz CT molecular complexity index is 2550. The summed E-state index contributed by atoms with van der Waals surface area (Å²) in [6, 6.07) is 32.5. The van der Waals surface area contributed by atoms with Crippen molar-refractivity contribution in [2.75, 3.05) is 46.2 Å². The molecule has 0 N–H and O–H groups in total. The van der Waals surface area contributed by atoms with E-state index in [0.29, 0.717) is 109 Å². The molecule has 1 atom stereocenters. The largest absolute Gasteiger partial charge is 0.494 e. The summed E-state index contributed by atoms with van der Waals surface area (Å²) in [5, 5.41) is 0. The van der Waals surface area contributed by atoms with Gasteiger partial charge in [-0.15, -0.1) is 6.58 Å². The van der Waals surface area contributed by atoms with Crippen molar-refractivity contribution in [1.29, 1.82) is 0 Å². The number of unbranched alkanes of at least 4 members (excludes halogenated alkanes) is 3. The topological polar surface area (TPSA) is 178 Å². The van der Waals surface area contributed by atoms with Gasteiger partial charge in [0.15, 0.2) is 0 Å². The lowest BCUT2D eigenvalue weighted by atomic mass is 9.99. The summed E-state index contributed by atoms with van der Waals surface area (Å²) >= 11 is 0. The number of rotatable bonds is 32. The first kappa shape index (κ1) is 59.6. The zero-order valence-corrected chi connectivity index (χ0v) is 43.1. The third-order valence-corrected chi connectivity index (χ3v) is 10.8. The molecule has 75 heavy (non-hydrogen) atoms. The van der Waals surface area contributed by atoms with E-state index in [-0.39, 0.29) is 18.5 Å². The first-order chi connectivity index (χ1) is 36.4. The van der Waals surface area contributed by atoms with Crippen LogP contribution in [0.4, 0.5) is 0 Å². The highest BCUT2D eigenvalue weighted by Gasteiger charge is 2.15. The standard InChI is InChI=1S/C33H34O10.C27H34O5/c1-4-18-40-41-22-7-20-38-28-14-10-26(11-15-28)33(36)43-30-17-16-29(23-24(30)3)42-32(35)25-8-12-27(13-9-25)37-19-6-21-39-31(34)5-2;1-4-21(3)20-22-10-14-25(15-11-22)32-27(29)23-12-16-24(17-13-23)30-18-8-6-7-9-19-31-26(28)5-2/h4-5,8-17,23H,1-2,6-7,18-22H2,3H3;5,10-17,21H,2,4,6-9,18-20H2,1,3H3. The second-order valence-corrected chi connectivity index (χ2v) is 16.8. The minimum atomic E-state index is -0.553. The van der Waals surface area contributed by atoms with Crippen molar-refractivity contribution < 1.29 is 71.6 Å². The van der Waals surface area contributed by atoms with Crippen LogP contribution in [-0.2, 0) is 35.3 Å². The summed E-state index contributed by atoms with van der Waals surface area (Å²) in [6.45, 7) is 19.1. The number of ether oxygens (including phenoxy) is 8. The van der Waals surface area contributed by atoms with E-state index in [2.05, 4.69) is 33.6 Å². The van der Waals surface area contributed by atoms with E-state index in [9.17, 15) is 24.0 Å². The van der Waals surface area contributed by atoms with Gasteiger partial charge in [-0.3, -0.25) is 0 Å². The predicted molar refractivity (Wildman–Crippen MR) is 284 cm³/mol. The molecule has 0 amide bonds. The third kappa shape index (κ3) is 23.6. The van der Waals surface area contributed by atoms with Crippen molar-refractivity contribution in [3.05, 3.63) is 181 Å². The lowest BCUT2D eigenvalue weighted by Gasteiger charge is -2.11. The van der Waals surface area contributed by atoms with Crippen LogP contribution in [-0.4, -0.2) is 76.1 Å². The van der Waals surface area contributed by atoms with Crippen LogP contribution in [0.15, 0.2) is 153 Å². The Labute approximate surface area is 439 Å². The van der Waals surface area contributed by atoms with E-state index in [1.165, 1.54) is 11.6 Å². The average Bonchev–Trinajstić information content (AvgIpc) is 3.42. The van der Waals surface area contributed by atoms with Crippen LogP contribution in [0.2, 0.25) is 0 Å². The molecule has 15 nitrogen and oxygen atoms in total. The molecular formula is C60H68O15. The average molecular weight is 1030 g/mol. The van der Waals surface area contributed by atoms with Crippen LogP contribution in [0.3, 0.4) is 0 Å². The normalized spacial score (nSPS) is 10.8. The van der Waals surface area contributed by atoms with Gasteiger partial charge < -0.3 is 37.9 Å². The SMILES string of the molecule is C=CC(=O)OCCCCCCOc1ccc(C(=O)Oc2ccc(CC(C)CC)cc2)cc1.C=CCOOCCCOc1ccc(C(=O)Oc2ccc(OC(=O)c3ccc(OCCCOC(=O)C=C)cc3)cc2C)cc1. The molecule has 0 spiro atoms. The Hall–Kier alpha value is -8.01. The quantitative estimate of drug-likeness (QED) is 0.00755. The minimum Gasteiger partial charge on any atom is -0.494 e. The third-order valence-electron chi connectivity index (χ3n) is 10.8. The second-order valence-electron chi connectivity index (χ2n) is 16.8. The van der Waals surface area contributed by atoms with Crippen molar-refractivity contribution in [3.8, 4) is 34.5 Å². The molecule has 0 aliphatic rings. The molecule has 5 aromatic carbocycles. The molecule has 1 unspecified atom stereocenters. The van der Waals surface area contributed by atoms with E-state index < -0.39 is 17.9 Å². The molecule has 0 fully saturated rings. The van der Waals surface area contributed by atoms with Crippen LogP contribution in [0, 0.1) is 12.8 Å². The van der Waals surface area contributed by atoms with Crippen molar-refractivity contribution >= 4 is 29.8 Å². The van der Waals surface area contributed by atoms with Crippen LogP contribution in [0.5, 0.6) is 34.5 Å². The van der Waals surface area contributed by atoms with Crippen LogP contribution >= 0.6 is 0 Å². The Morgan fingerprint density at radius 2 is 0.907 bits per heavy atom. The van der Waals surface area contributed by atoms with E-state index >= 15 is 0 Å². The molecule has 0 saturated heterocycles. The predicted octanol–water partition coefficient (Wildman–Crippen LogP) is 12.0. The number of hydrogen-bond donors (Lipinski definition) is 0. The smallest absolute Gasteiger partial charge is 0.343 e. The number of hydrogen-bond acceptors (Lipinski definition) is 15. The number of benzene rings is 5. The zero-order valence-electron chi connectivity index (χ0n) is 43.1. The number of carbonyl (C=O) groups is 5. The highest BCUT2D eigenvalue weighted by molar-refractivity contribution is 5.92. The summed E-state index contributed by atoms with van der Waals surface area (Å²) < 4.78 is 43.2. The van der Waals surface area contributed by atoms with Crippen molar-refractivity contribution in [2.45, 2.75) is 72.1 Å². The number of aryl methyl sites for hydroxylation is 1. The highest BCUT2D eigenvalue weighted by atomic mass is 17.2. The van der Waals surface area contributed by atoms with E-state index in [0.717, 1.165) is 50.4 Å². The number of esters is 5. The summed E-state index contributed by atoms with van der Waals surface area (Å²) in [7, 11) is 0. The van der Waals surface area contributed by atoms with E-state index in [1.807, 2.05) is 24.3 Å². The molecule has 0 bridgehead atoms. The van der Waals surface area contributed by atoms with E-state index in [4.69, 9.17) is 47.7 Å². The fourth-order valence-corrected chi connectivity index (χ4v) is 6.52. The van der Waals surface area contributed by atoms with E-state index in [1.54, 1.807) is 104 Å². The van der Waals surface area contributed by atoms with Crippen molar-refractivity contribution in [1.82, 2.24) is 0 Å². The summed E-state index contributed by atoms with van der Waals surface area (Å²) in [5.41, 5.74) is 3.03. The van der Waals surface area contributed by atoms with Crippen LogP contribution in [0.25, 0.3) is 0 Å². The second kappa shape index (κ2) is 34.4. The maximum Gasteiger partial charge on any atom is 0.343 e. The number of carbonyl (C=O) groups excluding carboxylic acids is 5. The summed E-state index contributed by atoms with van der Waals surface area (Å²) in [6.07, 6.45) is 10.9. The van der Waals surface area contributed by atoms with Crippen LogP contribution in [0.1, 0.15) is 101 Å². The van der Waals surface area contributed by atoms with Gasteiger partial charge in [-0.1, -0.05) is 51.6 Å². The summed E-state index contributed by atoms with van der Waals surface area (Å²) in [4.78, 5) is 69.4. The fraction of sp³-hybridized carbons (Fsp3) is 0.317. The molecule has 15 heteroatoms. The van der Waals surface area contributed by atoms with Gasteiger partial charge in [0, 0.05) is 25.0 Å². The maximum atomic E-state index is 12.7. The van der Waals surface area contributed by atoms with Crippen molar-refractivity contribution in [2.24, 2.45) is 5.92 Å². The molecule has 0 aromatic heterocycles. The van der Waals surface area contributed by atoms with Gasteiger partial charge in [0.25, 0.3) is 0 Å². The first-order valence-electron chi connectivity index (χ1n) is 24.9. The Morgan fingerprint density at radius 3 is 1.39 bits per heavy atom. The van der Waals surface area contributed by atoms with Gasteiger partial charge in [-0.05, 0) is 159 Å². The highest BCUT2D eigenvalue weighted by Crippen LogP contribution is 2.26. The van der Waals surface area contributed by atoms with Gasteiger partial charge in [0.2, 0.25) is 0 Å². The maximum absolute atomic E-state index is 12.7. The molecule has 0 heterocycles. The fourth-order valence-electron chi connectivity index (χ4n) is 6.52. The molecule has 398 valence electrons. The summed E-state index contributed by atoms with van der Waals surface area (Å²) in [5.74, 6) is 1.38. The molecule has 0 aliphatic carbocycles. The van der Waals surface area contributed by atoms with Gasteiger partial charge >= 0.3 is 29.8 Å². The lowest BCUT2D eigenvalue weighted by Crippen LogP contribution is -2.11. The molecule has 5 rings (SSSR count). The lowest BCUT2D eigenvalue weighted by molar-refractivity contribution is -0.287. The minimum absolute atomic E-state index is 0.223. The Morgan fingerprint density at radius 1 is 0.480 bits per heavy atom. The van der Waals surface area contributed by atoms with Crippen LogP contribution < -0.4 is 28.4 Å². The molecule has 0 aliphatic heterocycles. The van der Waals surface area contributed by atoms with Gasteiger partial charge in [-0.25, -0.2) is 33.7 Å². The zero-order chi connectivity index (χ0) is 54.0. The first-order valence-corrected chi connectivity index (χ1v) is 24.9. The monoisotopic (exact) mass is 1030 g/mol. The molecule has 0 radical (unpaired) electrons. The Kier molecular flexibility index (Phi) is 27.3. The Balaban J connectivity index is 0.000000339.